The molecule has 0 bridgehead atoms. The van der Waals surface area contributed by atoms with Gasteiger partial charge < -0.3 is 5.32 Å². The molecule has 1 saturated heterocycles. The van der Waals surface area contributed by atoms with Gasteiger partial charge >= 0.3 is 0 Å². The summed E-state index contributed by atoms with van der Waals surface area (Å²) in [6.07, 6.45) is 3.49. The Morgan fingerprint density at radius 1 is 1.15 bits per heavy atom. The fraction of sp³-hybridized carbons (Fsp3) is 0.316. The molecule has 1 N–H and O–H groups in total. The minimum Gasteiger partial charge on any atom is -0.348 e. The number of rotatable bonds is 4. The van der Waals surface area contributed by atoms with Crippen LogP contribution in [-0.4, -0.2) is 44.5 Å². The number of amides is 1. The average molecular weight is 370 g/mol. The second-order valence-corrected chi connectivity index (χ2v) is 6.98. The summed E-state index contributed by atoms with van der Waals surface area (Å²) >= 11 is 5.87. The number of benzene rings is 1. The molecule has 0 saturated carbocycles. The molecular weight excluding hydrogens is 350 g/mol. The number of nitrogens with zero attached hydrogens (tertiary/aromatic N) is 4. The predicted octanol–water partition coefficient (Wildman–Crippen LogP) is 2.78. The Balaban J connectivity index is 1.32. The first kappa shape index (κ1) is 17.0. The number of imidazole rings is 1. The first-order valence-electron chi connectivity index (χ1n) is 8.76. The van der Waals surface area contributed by atoms with Crippen LogP contribution in [0.25, 0.3) is 5.65 Å². The fourth-order valence-corrected chi connectivity index (χ4v) is 3.45. The molecule has 3 heterocycles. The van der Waals surface area contributed by atoms with Crippen molar-refractivity contribution in [2.75, 3.05) is 13.1 Å². The molecule has 0 atom stereocenters. The number of halogens is 1. The van der Waals surface area contributed by atoms with Gasteiger partial charge in [-0.25, -0.2) is 9.50 Å². The Kier molecular flexibility index (Phi) is 4.86. The summed E-state index contributed by atoms with van der Waals surface area (Å²) in [5.74, 6) is -0.159. The van der Waals surface area contributed by atoms with Crippen LogP contribution in [0.2, 0.25) is 5.15 Å². The standard InChI is InChI=1S/C19H20ClN5O/c20-17-6-7-18-22-16(13-25(18)23-17)19(26)21-15-8-10-24(11-9-15)12-14-4-2-1-3-5-14/h1-7,13,15H,8-12H2,(H,21,26). The van der Waals surface area contributed by atoms with Gasteiger partial charge in [0.25, 0.3) is 5.91 Å². The number of fused-ring (bicyclic) bond motifs is 1. The highest BCUT2D eigenvalue weighted by molar-refractivity contribution is 6.29. The quantitative estimate of drug-likeness (QED) is 0.768. The van der Waals surface area contributed by atoms with E-state index in [0.717, 1.165) is 32.5 Å². The molecule has 0 unspecified atom stereocenters. The van der Waals surface area contributed by atoms with Gasteiger partial charge in [0.1, 0.15) is 10.8 Å². The van der Waals surface area contributed by atoms with Gasteiger partial charge in [0.05, 0.1) is 6.20 Å². The minimum absolute atomic E-state index is 0.159. The molecule has 1 aromatic carbocycles. The van der Waals surface area contributed by atoms with E-state index in [1.54, 1.807) is 18.3 Å². The maximum Gasteiger partial charge on any atom is 0.271 e. The maximum absolute atomic E-state index is 12.5. The number of carbonyl (C=O) groups excluding carboxylic acids is 1. The van der Waals surface area contributed by atoms with Gasteiger partial charge in [0.2, 0.25) is 0 Å². The molecule has 6 nitrogen and oxygen atoms in total. The van der Waals surface area contributed by atoms with Crippen molar-refractivity contribution in [1.29, 1.82) is 0 Å². The van der Waals surface area contributed by atoms with Crippen LogP contribution in [0.5, 0.6) is 0 Å². The molecule has 2 aromatic heterocycles. The van der Waals surface area contributed by atoms with E-state index in [0.29, 0.717) is 16.5 Å². The number of hydrogen-bond acceptors (Lipinski definition) is 4. The lowest BCUT2D eigenvalue weighted by atomic mass is 10.0. The largest absolute Gasteiger partial charge is 0.348 e. The van der Waals surface area contributed by atoms with Crippen LogP contribution in [0.15, 0.2) is 48.7 Å². The van der Waals surface area contributed by atoms with Gasteiger partial charge in [0, 0.05) is 25.7 Å². The summed E-state index contributed by atoms with van der Waals surface area (Å²) in [5, 5.41) is 7.57. The molecular formula is C19H20ClN5O. The molecule has 1 aliphatic heterocycles. The second-order valence-electron chi connectivity index (χ2n) is 6.59. The zero-order valence-corrected chi connectivity index (χ0v) is 15.1. The highest BCUT2D eigenvalue weighted by atomic mass is 35.5. The molecule has 1 aliphatic rings. The number of carbonyl (C=O) groups is 1. The van der Waals surface area contributed by atoms with Crippen molar-refractivity contribution in [2.45, 2.75) is 25.4 Å². The first-order valence-corrected chi connectivity index (χ1v) is 9.14. The lowest BCUT2D eigenvalue weighted by Crippen LogP contribution is -2.44. The zero-order valence-electron chi connectivity index (χ0n) is 14.3. The van der Waals surface area contributed by atoms with E-state index in [4.69, 9.17) is 11.6 Å². The van der Waals surface area contributed by atoms with Gasteiger partial charge in [-0.1, -0.05) is 41.9 Å². The van der Waals surface area contributed by atoms with Crippen LogP contribution >= 0.6 is 11.6 Å². The molecule has 0 spiro atoms. The van der Waals surface area contributed by atoms with Crippen LogP contribution in [0, 0.1) is 0 Å². The van der Waals surface area contributed by atoms with Crippen molar-refractivity contribution >= 4 is 23.2 Å². The van der Waals surface area contributed by atoms with E-state index in [1.807, 2.05) is 6.07 Å². The fourth-order valence-electron chi connectivity index (χ4n) is 3.30. The van der Waals surface area contributed by atoms with E-state index in [2.05, 4.69) is 44.6 Å². The predicted molar refractivity (Wildman–Crippen MR) is 100 cm³/mol. The lowest BCUT2D eigenvalue weighted by Gasteiger charge is -2.32. The van der Waals surface area contributed by atoms with Gasteiger partial charge in [-0.15, -0.1) is 0 Å². The Morgan fingerprint density at radius 3 is 2.69 bits per heavy atom. The summed E-state index contributed by atoms with van der Waals surface area (Å²) in [6, 6.07) is 14.1. The highest BCUT2D eigenvalue weighted by Crippen LogP contribution is 2.15. The van der Waals surface area contributed by atoms with Crippen molar-refractivity contribution in [3.8, 4) is 0 Å². The third kappa shape index (κ3) is 3.86. The second kappa shape index (κ2) is 7.43. The van der Waals surface area contributed by atoms with Crippen LogP contribution in [0.4, 0.5) is 0 Å². The highest BCUT2D eigenvalue weighted by Gasteiger charge is 2.22. The number of nitrogens with one attached hydrogen (secondary N) is 1. The van der Waals surface area contributed by atoms with Crippen LogP contribution in [-0.2, 0) is 6.54 Å². The molecule has 3 aromatic rings. The van der Waals surface area contributed by atoms with E-state index < -0.39 is 0 Å². The Bertz CT molecular complexity index is 903. The van der Waals surface area contributed by atoms with Gasteiger partial charge in [0.15, 0.2) is 5.65 Å². The lowest BCUT2D eigenvalue weighted by molar-refractivity contribution is 0.0904. The van der Waals surface area contributed by atoms with E-state index in [-0.39, 0.29) is 11.9 Å². The van der Waals surface area contributed by atoms with Crippen LogP contribution in [0.3, 0.4) is 0 Å². The molecule has 1 amide bonds. The monoisotopic (exact) mass is 369 g/mol. The van der Waals surface area contributed by atoms with E-state index in [1.165, 1.54) is 10.1 Å². The Hall–Kier alpha value is -2.44. The SMILES string of the molecule is O=C(NC1CCN(Cc2ccccc2)CC1)c1cn2nc(Cl)ccc2n1. The molecule has 1 fully saturated rings. The number of piperidine rings is 1. The van der Waals surface area contributed by atoms with Crippen molar-refractivity contribution in [1.82, 2.24) is 24.8 Å². The summed E-state index contributed by atoms with van der Waals surface area (Å²) < 4.78 is 1.53. The zero-order chi connectivity index (χ0) is 17.9. The molecule has 4 rings (SSSR count). The molecule has 0 radical (unpaired) electrons. The third-order valence-electron chi connectivity index (χ3n) is 4.69. The van der Waals surface area contributed by atoms with Crippen molar-refractivity contribution < 1.29 is 4.79 Å². The molecule has 7 heteroatoms. The Labute approximate surface area is 156 Å². The molecule has 26 heavy (non-hydrogen) atoms. The van der Waals surface area contributed by atoms with Crippen molar-refractivity contribution in [3.63, 3.8) is 0 Å². The van der Waals surface area contributed by atoms with Crippen LogP contribution < -0.4 is 5.32 Å². The smallest absolute Gasteiger partial charge is 0.271 e. The summed E-state index contributed by atoms with van der Waals surface area (Å²) in [6.45, 7) is 2.91. The third-order valence-corrected chi connectivity index (χ3v) is 4.89. The summed E-state index contributed by atoms with van der Waals surface area (Å²) in [4.78, 5) is 19.2. The minimum atomic E-state index is -0.159. The van der Waals surface area contributed by atoms with Gasteiger partial charge in [-0.2, -0.15) is 5.10 Å². The molecule has 0 aliphatic carbocycles. The van der Waals surface area contributed by atoms with E-state index >= 15 is 0 Å². The van der Waals surface area contributed by atoms with Crippen molar-refractivity contribution in [3.05, 3.63) is 65.1 Å². The first-order chi connectivity index (χ1) is 12.7. The Morgan fingerprint density at radius 2 is 1.92 bits per heavy atom. The molecule has 134 valence electrons. The number of aromatic nitrogens is 3. The number of hydrogen-bond donors (Lipinski definition) is 1. The van der Waals surface area contributed by atoms with Gasteiger partial charge in [-0.05, 0) is 30.5 Å². The van der Waals surface area contributed by atoms with Gasteiger partial charge in [-0.3, -0.25) is 9.69 Å². The summed E-state index contributed by atoms with van der Waals surface area (Å²) in [7, 11) is 0. The normalized spacial score (nSPS) is 16.0. The van der Waals surface area contributed by atoms with E-state index in [9.17, 15) is 4.79 Å². The average Bonchev–Trinajstić information content (AvgIpc) is 3.07. The van der Waals surface area contributed by atoms with Crippen LogP contribution in [0.1, 0.15) is 28.9 Å². The summed E-state index contributed by atoms with van der Waals surface area (Å²) in [5.41, 5.74) is 2.30. The topological polar surface area (TPSA) is 62.5 Å². The number of likely N-dealkylation sites (tertiary alicyclic amines) is 1. The maximum atomic E-state index is 12.5. The van der Waals surface area contributed by atoms with Crippen molar-refractivity contribution in [2.24, 2.45) is 0 Å².